The summed E-state index contributed by atoms with van der Waals surface area (Å²) < 4.78 is 13.1. The molecular formula is C15H15FN4. The van der Waals surface area contributed by atoms with Crippen LogP contribution in [0.25, 0.3) is 11.3 Å². The second-order valence-electron chi connectivity index (χ2n) is 4.91. The van der Waals surface area contributed by atoms with Gasteiger partial charge in [0, 0.05) is 29.9 Å². The maximum Gasteiger partial charge on any atom is 0.126 e. The molecule has 0 spiro atoms. The van der Waals surface area contributed by atoms with E-state index < -0.39 is 0 Å². The molecule has 1 atom stereocenters. The van der Waals surface area contributed by atoms with Gasteiger partial charge >= 0.3 is 0 Å². The maximum atomic E-state index is 13.1. The van der Waals surface area contributed by atoms with E-state index in [2.05, 4.69) is 15.3 Å². The molecule has 2 heterocycles. The molecule has 1 unspecified atom stereocenters. The van der Waals surface area contributed by atoms with Crippen LogP contribution in [-0.2, 0) is 13.0 Å². The monoisotopic (exact) mass is 270 g/mol. The highest BCUT2D eigenvalue weighted by molar-refractivity contribution is 5.68. The van der Waals surface area contributed by atoms with Gasteiger partial charge in [0.15, 0.2) is 0 Å². The molecule has 0 bridgehead atoms. The lowest BCUT2D eigenvalue weighted by molar-refractivity contribution is 0.566. The topological polar surface area (TPSA) is 61.7 Å². The quantitative estimate of drug-likeness (QED) is 0.823. The Bertz CT molecular complexity index is 652. The highest BCUT2D eigenvalue weighted by Crippen LogP contribution is 2.27. The first kappa shape index (κ1) is 12.9. The fourth-order valence-electron chi connectivity index (χ4n) is 2.50. The van der Waals surface area contributed by atoms with E-state index in [1.54, 1.807) is 12.1 Å². The third-order valence-electron chi connectivity index (χ3n) is 3.48. The molecule has 4 nitrogen and oxygen atoms in total. The predicted molar refractivity (Wildman–Crippen MR) is 75.3 cm³/mol. The molecule has 0 saturated carbocycles. The van der Waals surface area contributed by atoms with Gasteiger partial charge in [-0.05, 0) is 37.6 Å². The number of nitrogens with one attached hydrogen (secondary N) is 2. The number of nitrogens with zero attached hydrogens (tertiary/aromatic N) is 2. The van der Waals surface area contributed by atoms with Crippen LogP contribution in [0.3, 0.4) is 0 Å². The van der Waals surface area contributed by atoms with Gasteiger partial charge < -0.3 is 10.7 Å². The summed E-state index contributed by atoms with van der Waals surface area (Å²) in [6.45, 7) is 2.49. The van der Waals surface area contributed by atoms with Crippen molar-refractivity contribution in [1.29, 1.82) is 5.41 Å². The molecule has 1 aliphatic rings. The molecule has 5 heteroatoms. The minimum absolute atomic E-state index is 0.00741. The molecule has 1 aliphatic heterocycles. The molecule has 0 radical (unpaired) electrons. The molecule has 3 rings (SSSR count). The van der Waals surface area contributed by atoms with Crippen molar-refractivity contribution in [3.05, 3.63) is 47.2 Å². The van der Waals surface area contributed by atoms with Gasteiger partial charge in [-0.25, -0.2) is 14.4 Å². The van der Waals surface area contributed by atoms with E-state index in [-0.39, 0.29) is 11.9 Å². The van der Waals surface area contributed by atoms with Gasteiger partial charge in [-0.2, -0.15) is 0 Å². The van der Waals surface area contributed by atoms with Gasteiger partial charge in [-0.3, -0.25) is 0 Å². The van der Waals surface area contributed by atoms with E-state index in [0.717, 1.165) is 22.5 Å². The molecule has 102 valence electrons. The average molecular weight is 270 g/mol. The SMILES string of the molecule is Cc1nc2c(c(-c3ccc(F)cc3)n1)CC(C=N)NC2. The van der Waals surface area contributed by atoms with E-state index >= 15 is 0 Å². The van der Waals surface area contributed by atoms with Crippen LogP contribution in [0.2, 0.25) is 0 Å². The van der Waals surface area contributed by atoms with Crippen LogP contribution in [0, 0.1) is 18.2 Å². The number of aromatic nitrogens is 2. The first-order chi connectivity index (χ1) is 9.67. The predicted octanol–water partition coefficient (Wildman–Crippen LogP) is 2.25. The highest BCUT2D eigenvalue weighted by Gasteiger charge is 2.22. The summed E-state index contributed by atoms with van der Waals surface area (Å²) >= 11 is 0. The Balaban J connectivity index is 2.12. The van der Waals surface area contributed by atoms with E-state index in [0.29, 0.717) is 18.8 Å². The lowest BCUT2D eigenvalue weighted by atomic mass is 9.95. The molecule has 0 fully saturated rings. The van der Waals surface area contributed by atoms with Gasteiger partial charge in [0.2, 0.25) is 0 Å². The van der Waals surface area contributed by atoms with Crippen molar-refractivity contribution in [3.63, 3.8) is 0 Å². The summed E-state index contributed by atoms with van der Waals surface area (Å²) in [7, 11) is 0. The second-order valence-corrected chi connectivity index (χ2v) is 4.91. The third kappa shape index (κ3) is 2.32. The van der Waals surface area contributed by atoms with Crippen molar-refractivity contribution >= 4 is 6.21 Å². The molecule has 0 saturated heterocycles. The summed E-state index contributed by atoms with van der Waals surface area (Å²) in [6, 6.07) is 6.35. The Hall–Kier alpha value is -2.14. The van der Waals surface area contributed by atoms with Crippen LogP contribution in [0.1, 0.15) is 17.1 Å². The molecule has 1 aromatic carbocycles. The van der Waals surface area contributed by atoms with Crippen molar-refractivity contribution in [1.82, 2.24) is 15.3 Å². The van der Waals surface area contributed by atoms with Crippen LogP contribution in [-0.4, -0.2) is 22.2 Å². The minimum atomic E-state index is -0.257. The summed E-state index contributed by atoms with van der Waals surface area (Å²) in [6.07, 6.45) is 2.09. The van der Waals surface area contributed by atoms with E-state index in [1.165, 1.54) is 18.3 Å². The van der Waals surface area contributed by atoms with Crippen LogP contribution in [0.4, 0.5) is 4.39 Å². The van der Waals surface area contributed by atoms with Crippen molar-refractivity contribution in [2.45, 2.75) is 25.9 Å². The fourth-order valence-corrected chi connectivity index (χ4v) is 2.50. The Morgan fingerprint density at radius 2 is 2.05 bits per heavy atom. The molecule has 0 aliphatic carbocycles. The first-order valence-corrected chi connectivity index (χ1v) is 6.53. The Labute approximate surface area is 116 Å². The zero-order chi connectivity index (χ0) is 14.1. The van der Waals surface area contributed by atoms with Gasteiger partial charge in [-0.1, -0.05) is 0 Å². The molecule has 20 heavy (non-hydrogen) atoms. The summed E-state index contributed by atoms with van der Waals surface area (Å²) in [5.74, 6) is 0.450. The fraction of sp³-hybridized carbons (Fsp3) is 0.267. The van der Waals surface area contributed by atoms with Crippen molar-refractivity contribution in [3.8, 4) is 11.3 Å². The zero-order valence-electron chi connectivity index (χ0n) is 11.2. The number of aryl methyl sites for hydroxylation is 1. The summed E-state index contributed by atoms with van der Waals surface area (Å²) in [4.78, 5) is 8.98. The van der Waals surface area contributed by atoms with Gasteiger partial charge in [0.05, 0.1) is 11.4 Å². The number of rotatable bonds is 2. The highest BCUT2D eigenvalue weighted by atomic mass is 19.1. The number of fused-ring (bicyclic) bond motifs is 1. The molecule has 1 aromatic heterocycles. The van der Waals surface area contributed by atoms with Crippen LogP contribution in [0.5, 0.6) is 0 Å². The van der Waals surface area contributed by atoms with Gasteiger partial charge in [0.1, 0.15) is 11.6 Å². The second kappa shape index (κ2) is 5.09. The Kier molecular flexibility index (Phi) is 3.28. The van der Waals surface area contributed by atoms with E-state index in [9.17, 15) is 4.39 Å². The van der Waals surface area contributed by atoms with Crippen molar-refractivity contribution < 1.29 is 4.39 Å². The standard InChI is InChI=1S/C15H15FN4/c1-9-19-14-8-18-12(7-17)6-13(14)15(20-9)10-2-4-11(16)5-3-10/h2-5,7,12,17-18H,6,8H2,1H3. The number of halogens is 1. The van der Waals surface area contributed by atoms with Crippen LogP contribution in [0.15, 0.2) is 24.3 Å². The molecule has 0 amide bonds. The largest absolute Gasteiger partial charge is 0.311 e. The molecule has 2 N–H and O–H groups in total. The van der Waals surface area contributed by atoms with Crippen LogP contribution < -0.4 is 5.32 Å². The first-order valence-electron chi connectivity index (χ1n) is 6.53. The van der Waals surface area contributed by atoms with Gasteiger partial charge in [0.25, 0.3) is 0 Å². The average Bonchev–Trinajstić information content (AvgIpc) is 2.47. The Morgan fingerprint density at radius 3 is 2.75 bits per heavy atom. The number of hydrogen-bond acceptors (Lipinski definition) is 4. The maximum absolute atomic E-state index is 13.1. The number of hydrogen-bond donors (Lipinski definition) is 2. The van der Waals surface area contributed by atoms with Crippen LogP contribution >= 0.6 is 0 Å². The summed E-state index contributed by atoms with van der Waals surface area (Å²) in [5, 5.41) is 10.7. The smallest absolute Gasteiger partial charge is 0.126 e. The summed E-state index contributed by atoms with van der Waals surface area (Å²) in [5.41, 5.74) is 3.75. The number of benzene rings is 1. The lowest BCUT2D eigenvalue weighted by Crippen LogP contribution is -2.37. The normalized spacial score (nSPS) is 17.6. The van der Waals surface area contributed by atoms with E-state index in [4.69, 9.17) is 5.41 Å². The van der Waals surface area contributed by atoms with Crippen molar-refractivity contribution in [2.75, 3.05) is 0 Å². The zero-order valence-corrected chi connectivity index (χ0v) is 11.2. The van der Waals surface area contributed by atoms with Crippen molar-refractivity contribution in [2.24, 2.45) is 0 Å². The minimum Gasteiger partial charge on any atom is -0.311 e. The van der Waals surface area contributed by atoms with Gasteiger partial charge in [-0.15, -0.1) is 0 Å². The van der Waals surface area contributed by atoms with E-state index in [1.807, 2.05) is 6.92 Å². The lowest BCUT2D eigenvalue weighted by Gasteiger charge is -2.24. The third-order valence-corrected chi connectivity index (χ3v) is 3.48. The molecule has 2 aromatic rings. The molecular weight excluding hydrogens is 255 g/mol. The Morgan fingerprint density at radius 1 is 1.30 bits per heavy atom.